The molecular weight excluding hydrogens is 396 g/mol. The number of aromatic nitrogens is 1. The summed E-state index contributed by atoms with van der Waals surface area (Å²) in [6.07, 6.45) is 6.31. The number of nitrogens with one attached hydrogen (secondary N) is 2. The number of aliphatic imine (C=N–C) groups is 1. The van der Waals surface area contributed by atoms with Crippen LogP contribution in [0.3, 0.4) is 0 Å². The van der Waals surface area contributed by atoms with Gasteiger partial charge in [0.05, 0.1) is 10.2 Å². The molecule has 29 heavy (non-hydrogen) atoms. The Bertz CT molecular complexity index is 972. The topological polar surface area (TPSA) is 49.3 Å². The molecule has 0 bridgehead atoms. The number of benzene rings is 2. The Kier molecular flexibility index (Phi) is 6.72. The number of hydrogen-bond acceptors (Lipinski definition) is 5. The molecule has 0 radical (unpaired) electrons. The van der Waals surface area contributed by atoms with Crippen LogP contribution in [0.1, 0.15) is 36.8 Å². The minimum absolute atomic E-state index is 0.720. The van der Waals surface area contributed by atoms with Gasteiger partial charge in [0.2, 0.25) is 0 Å². The van der Waals surface area contributed by atoms with Gasteiger partial charge in [-0.3, -0.25) is 4.99 Å². The highest BCUT2D eigenvalue weighted by molar-refractivity contribution is 8.14. The molecular formula is C23H28N4S2. The van der Waals surface area contributed by atoms with Crippen LogP contribution < -0.4 is 10.6 Å². The van der Waals surface area contributed by atoms with Crippen molar-refractivity contribution in [1.82, 2.24) is 4.98 Å². The van der Waals surface area contributed by atoms with E-state index in [0.29, 0.717) is 0 Å². The zero-order valence-corrected chi connectivity index (χ0v) is 18.7. The number of amidine groups is 1. The van der Waals surface area contributed by atoms with Crippen LogP contribution >= 0.6 is 23.1 Å². The first kappa shape index (κ1) is 20.2. The average molecular weight is 425 g/mol. The van der Waals surface area contributed by atoms with Crippen molar-refractivity contribution in [2.75, 3.05) is 24.2 Å². The van der Waals surface area contributed by atoms with E-state index in [2.05, 4.69) is 65.0 Å². The van der Waals surface area contributed by atoms with E-state index in [1.54, 1.807) is 11.3 Å². The van der Waals surface area contributed by atoms with E-state index in [-0.39, 0.29) is 0 Å². The second-order valence-corrected chi connectivity index (χ2v) is 9.81. The summed E-state index contributed by atoms with van der Waals surface area (Å²) in [7, 11) is 1.87. The van der Waals surface area contributed by atoms with Gasteiger partial charge in [-0.15, -0.1) is 0 Å². The van der Waals surface area contributed by atoms with Gasteiger partial charge in [-0.25, -0.2) is 4.98 Å². The largest absolute Gasteiger partial charge is 0.361 e. The SMILES string of the molecule is CN=C(Nc1ccc(CCNc2nc3c(C)cccc3s2)cc1)SC1CCCC1. The van der Waals surface area contributed by atoms with Gasteiger partial charge in [0.15, 0.2) is 10.3 Å². The molecule has 0 amide bonds. The zero-order valence-electron chi connectivity index (χ0n) is 17.1. The lowest BCUT2D eigenvalue weighted by molar-refractivity contribution is 0.886. The van der Waals surface area contributed by atoms with Crippen LogP contribution in [0.4, 0.5) is 10.8 Å². The maximum atomic E-state index is 4.72. The standard InChI is InChI=1S/C23H28N4S2/c1-16-6-5-9-20-21(16)27-23(29-20)25-15-14-17-10-12-18(13-11-17)26-22(24-2)28-19-7-3-4-8-19/h5-6,9-13,19H,3-4,7-8,14-15H2,1-2H3,(H,24,26)(H,25,27). The summed E-state index contributed by atoms with van der Waals surface area (Å²) >= 11 is 3.61. The Balaban J connectivity index is 1.28. The highest BCUT2D eigenvalue weighted by Gasteiger charge is 2.18. The van der Waals surface area contributed by atoms with Crippen molar-refractivity contribution in [3.8, 4) is 0 Å². The molecule has 0 aliphatic heterocycles. The zero-order chi connectivity index (χ0) is 20.1. The van der Waals surface area contributed by atoms with Crippen LogP contribution in [0.5, 0.6) is 0 Å². The number of rotatable bonds is 6. The minimum Gasteiger partial charge on any atom is -0.361 e. The summed E-state index contributed by atoms with van der Waals surface area (Å²) in [5.74, 6) is 0. The first-order chi connectivity index (χ1) is 14.2. The second-order valence-electron chi connectivity index (χ2n) is 7.49. The fraction of sp³-hybridized carbons (Fsp3) is 0.391. The summed E-state index contributed by atoms with van der Waals surface area (Å²) < 4.78 is 1.24. The van der Waals surface area contributed by atoms with E-state index >= 15 is 0 Å². The normalized spacial score (nSPS) is 15.2. The number of para-hydroxylation sites is 1. The molecule has 6 heteroatoms. The third-order valence-corrected chi connectivity index (χ3v) is 7.59. The van der Waals surface area contributed by atoms with Crippen molar-refractivity contribution in [2.45, 2.75) is 44.3 Å². The third-order valence-electron chi connectivity index (χ3n) is 5.30. The molecule has 0 spiro atoms. The van der Waals surface area contributed by atoms with Crippen LogP contribution in [-0.2, 0) is 6.42 Å². The van der Waals surface area contributed by atoms with Gasteiger partial charge in [0.1, 0.15) is 0 Å². The van der Waals surface area contributed by atoms with Crippen molar-refractivity contribution in [1.29, 1.82) is 0 Å². The molecule has 1 saturated carbocycles. The van der Waals surface area contributed by atoms with Gasteiger partial charge in [0.25, 0.3) is 0 Å². The van der Waals surface area contributed by atoms with Crippen molar-refractivity contribution in [3.05, 3.63) is 53.6 Å². The lowest BCUT2D eigenvalue weighted by Gasteiger charge is -2.13. The lowest BCUT2D eigenvalue weighted by atomic mass is 10.1. The summed E-state index contributed by atoms with van der Waals surface area (Å²) in [6, 6.07) is 15.0. The number of nitrogens with zero attached hydrogens (tertiary/aromatic N) is 2. The Morgan fingerprint density at radius 2 is 1.97 bits per heavy atom. The molecule has 0 unspecified atom stereocenters. The molecule has 2 aromatic carbocycles. The first-order valence-electron chi connectivity index (χ1n) is 10.3. The number of fused-ring (bicyclic) bond motifs is 1. The quantitative estimate of drug-likeness (QED) is 0.358. The van der Waals surface area contributed by atoms with E-state index in [1.165, 1.54) is 41.5 Å². The Hall–Kier alpha value is -2.05. The predicted molar refractivity (Wildman–Crippen MR) is 130 cm³/mol. The van der Waals surface area contributed by atoms with Crippen molar-refractivity contribution >= 4 is 49.3 Å². The molecule has 3 aromatic rings. The minimum atomic E-state index is 0.720. The number of thiazole rings is 1. The number of anilines is 2. The molecule has 152 valence electrons. The van der Waals surface area contributed by atoms with Gasteiger partial charge in [0, 0.05) is 24.5 Å². The van der Waals surface area contributed by atoms with Gasteiger partial charge >= 0.3 is 0 Å². The van der Waals surface area contributed by atoms with Gasteiger partial charge in [-0.1, -0.05) is 60.2 Å². The van der Waals surface area contributed by atoms with Crippen LogP contribution in [0.2, 0.25) is 0 Å². The second kappa shape index (κ2) is 9.63. The van der Waals surface area contributed by atoms with Crippen LogP contribution in [0.15, 0.2) is 47.5 Å². The van der Waals surface area contributed by atoms with E-state index < -0.39 is 0 Å². The van der Waals surface area contributed by atoms with Crippen molar-refractivity contribution in [2.24, 2.45) is 4.99 Å². The molecule has 4 rings (SSSR count). The third kappa shape index (κ3) is 5.31. The fourth-order valence-corrected chi connectivity index (χ4v) is 5.79. The highest BCUT2D eigenvalue weighted by Crippen LogP contribution is 2.31. The Labute approximate surface area is 181 Å². The van der Waals surface area contributed by atoms with Gasteiger partial charge in [-0.2, -0.15) is 0 Å². The molecule has 0 saturated heterocycles. The number of aryl methyl sites for hydroxylation is 1. The molecule has 0 atom stereocenters. The van der Waals surface area contributed by atoms with Gasteiger partial charge < -0.3 is 10.6 Å². The summed E-state index contributed by atoms with van der Waals surface area (Å²) in [4.78, 5) is 9.15. The first-order valence-corrected chi connectivity index (χ1v) is 12.0. The van der Waals surface area contributed by atoms with Crippen LogP contribution in [0, 0.1) is 6.92 Å². The summed E-state index contributed by atoms with van der Waals surface area (Å²) in [5, 5.41) is 9.70. The fourth-order valence-electron chi connectivity index (χ4n) is 3.66. The van der Waals surface area contributed by atoms with Crippen molar-refractivity contribution in [3.63, 3.8) is 0 Å². The maximum Gasteiger partial charge on any atom is 0.183 e. The maximum absolute atomic E-state index is 4.72. The molecule has 2 N–H and O–H groups in total. The summed E-state index contributed by atoms with van der Waals surface area (Å²) in [5.41, 5.74) is 4.77. The molecule has 1 heterocycles. The average Bonchev–Trinajstić information content (AvgIpc) is 3.39. The molecule has 1 aliphatic carbocycles. The van der Waals surface area contributed by atoms with Gasteiger partial charge in [-0.05, 0) is 55.5 Å². The Morgan fingerprint density at radius 3 is 2.69 bits per heavy atom. The number of hydrogen-bond donors (Lipinski definition) is 2. The van der Waals surface area contributed by atoms with E-state index in [0.717, 1.165) is 39.7 Å². The van der Waals surface area contributed by atoms with Crippen LogP contribution in [0.25, 0.3) is 10.2 Å². The predicted octanol–water partition coefficient (Wildman–Crippen LogP) is 6.33. The summed E-state index contributed by atoms with van der Waals surface area (Å²) in [6.45, 7) is 2.99. The monoisotopic (exact) mass is 424 g/mol. The molecule has 1 aliphatic rings. The van der Waals surface area contributed by atoms with Crippen molar-refractivity contribution < 1.29 is 0 Å². The molecule has 1 aromatic heterocycles. The highest BCUT2D eigenvalue weighted by atomic mass is 32.2. The lowest BCUT2D eigenvalue weighted by Crippen LogP contribution is -2.12. The van der Waals surface area contributed by atoms with E-state index in [4.69, 9.17) is 4.98 Å². The molecule has 4 nitrogen and oxygen atoms in total. The Morgan fingerprint density at radius 1 is 1.17 bits per heavy atom. The van der Waals surface area contributed by atoms with E-state index in [9.17, 15) is 0 Å². The van der Waals surface area contributed by atoms with Crippen LogP contribution in [-0.4, -0.2) is 29.0 Å². The number of thioether (sulfide) groups is 1. The van der Waals surface area contributed by atoms with E-state index in [1.807, 2.05) is 18.8 Å². The smallest absolute Gasteiger partial charge is 0.183 e. The molecule has 1 fully saturated rings.